The predicted molar refractivity (Wildman–Crippen MR) is 518 cm³/mol. The summed E-state index contributed by atoms with van der Waals surface area (Å²) in [4.78, 5) is 35.1. The summed E-state index contributed by atoms with van der Waals surface area (Å²) in [6.45, 7) is 10.6. The van der Waals surface area contributed by atoms with E-state index in [2.05, 4.69) is 237 Å². The van der Waals surface area contributed by atoms with E-state index in [0.717, 1.165) is 102 Å². The van der Waals surface area contributed by atoms with Crippen LogP contribution in [0.2, 0.25) is 0 Å². The molecule has 0 aliphatic rings. The summed E-state index contributed by atoms with van der Waals surface area (Å²) in [6.07, 6.45) is 14.0. The van der Waals surface area contributed by atoms with E-state index < -0.39 is 0 Å². The van der Waals surface area contributed by atoms with E-state index >= 15 is 0 Å². The maximum Gasteiger partial charge on any atom is 0.0266 e. The van der Waals surface area contributed by atoms with E-state index in [-0.39, 0.29) is 80.4 Å². The van der Waals surface area contributed by atoms with Gasteiger partial charge >= 0.3 is 0 Å². The zero-order valence-corrected chi connectivity index (χ0v) is 82.0. The van der Waals surface area contributed by atoms with E-state index in [1.807, 2.05) is 323 Å². The Morgan fingerprint density at radius 3 is 0.800 bits per heavy atom. The van der Waals surface area contributed by atoms with Crippen molar-refractivity contribution in [2.75, 3.05) is 0 Å². The zero-order valence-electron chi connectivity index (χ0n) is 72.4. The van der Waals surface area contributed by atoms with Gasteiger partial charge in [-0.15, -0.1) is 287 Å². The Balaban J connectivity index is 0.000000168. The fourth-order valence-electron chi connectivity index (χ4n) is 13.4. The van der Waals surface area contributed by atoms with Gasteiger partial charge in [0.2, 0.25) is 0 Å². The second-order valence-corrected chi connectivity index (χ2v) is 28.7. The topological polar surface area (TPSA) is 103 Å². The molecule has 4 radical (unpaired) electrons. The molecule has 0 saturated heterocycles. The predicted octanol–water partition coefficient (Wildman–Crippen LogP) is 28.8. The second kappa shape index (κ2) is 55.2. The molecule has 0 aliphatic heterocycles. The summed E-state index contributed by atoms with van der Waals surface area (Å²) >= 11 is 0. The molecule has 130 heavy (non-hydrogen) atoms. The molecule has 0 aliphatic carbocycles. The van der Waals surface area contributed by atoms with E-state index in [0.29, 0.717) is 0 Å². The van der Waals surface area contributed by atoms with Crippen molar-refractivity contribution in [3.05, 3.63) is 532 Å². The minimum atomic E-state index is 0. The van der Waals surface area contributed by atoms with Crippen LogP contribution in [-0.2, 0) is 86.8 Å². The Kier molecular flexibility index (Phi) is 42.6. The van der Waals surface area contributed by atoms with Gasteiger partial charge < -0.3 is 39.9 Å². The molecule has 8 heterocycles. The Morgan fingerprint density at radius 2 is 0.485 bits per heavy atom. The molecule has 0 amide bonds. The van der Waals surface area contributed by atoms with Gasteiger partial charge in [-0.25, -0.2) is 0 Å². The molecule has 12 aromatic carbocycles. The third-order valence-electron chi connectivity index (χ3n) is 19.8. The molecule has 0 saturated carbocycles. The van der Waals surface area contributed by atoms with Gasteiger partial charge in [-0.2, -0.15) is 0 Å². The SMILES string of the molecule is CCc1cc(-c2[c-]cccc2)ncc1-c1ccccc1.Cc1cc(-c2[c-]cccc2)ncc1-c1ccccc1.Cc1cccc(-c2[c-]cccc2)n1.Cc1ccccc1-c1ccnc(-c2[c-]cccc2)c1.Cc1ccccc1-c1ccnc(-c2[c-]cccc2)c1.[Ir].[Ir].[Ir].[Ir].[c-]1ccccc1-c1ccccn1.[c-]1ccccc1-c1ccccn1.[c-]1ccccc1-c1ccccn1. The molecule has 0 spiro atoms. The van der Waals surface area contributed by atoms with Crippen LogP contribution in [0.25, 0.3) is 135 Å². The van der Waals surface area contributed by atoms with Crippen LogP contribution in [0.4, 0.5) is 0 Å². The Morgan fingerprint density at radius 1 is 0.200 bits per heavy atom. The summed E-state index contributed by atoms with van der Waals surface area (Å²) in [6, 6.07) is 162. The van der Waals surface area contributed by atoms with Crippen LogP contribution < -0.4 is 0 Å². The number of aryl methyl sites for hydroxylation is 5. The van der Waals surface area contributed by atoms with Gasteiger partial charge in [0.15, 0.2) is 0 Å². The average molecular weight is 2390 g/mol. The molecule has 0 fully saturated rings. The summed E-state index contributed by atoms with van der Waals surface area (Å²) < 4.78 is 0. The molecule has 20 aromatic rings. The van der Waals surface area contributed by atoms with Gasteiger partial charge in [-0.1, -0.05) is 189 Å². The fourth-order valence-corrected chi connectivity index (χ4v) is 13.4. The first kappa shape index (κ1) is 100. The molecule has 0 N–H and O–H groups in total. The first-order valence-electron chi connectivity index (χ1n) is 41.7. The summed E-state index contributed by atoms with van der Waals surface area (Å²) in [7, 11) is 0. The van der Waals surface area contributed by atoms with Gasteiger partial charge in [-0.3, -0.25) is 0 Å². The molecule has 12 heteroatoms. The number of pyridine rings is 8. The molecule has 8 aromatic heterocycles. The Bertz CT molecular complexity index is 6140. The van der Waals surface area contributed by atoms with Crippen molar-refractivity contribution in [1.29, 1.82) is 0 Å². The second-order valence-electron chi connectivity index (χ2n) is 28.7. The van der Waals surface area contributed by atoms with Crippen molar-refractivity contribution < 1.29 is 80.4 Å². The number of aromatic nitrogens is 8. The first-order chi connectivity index (χ1) is 62.2. The van der Waals surface area contributed by atoms with Crippen molar-refractivity contribution in [3.63, 3.8) is 0 Å². The van der Waals surface area contributed by atoms with Crippen molar-refractivity contribution >= 4 is 0 Å². The number of rotatable bonds is 13. The molecule has 8 nitrogen and oxygen atoms in total. The van der Waals surface area contributed by atoms with Crippen molar-refractivity contribution in [3.8, 4) is 135 Å². The van der Waals surface area contributed by atoms with E-state index in [9.17, 15) is 0 Å². The number of benzene rings is 12. The minimum Gasteiger partial charge on any atom is -0.305 e. The van der Waals surface area contributed by atoms with Gasteiger partial charge in [0.25, 0.3) is 0 Å². The molecular formula is C118H92Ir4N8-8. The zero-order chi connectivity index (χ0) is 86.8. The summed E-state index contributed by atoms with van der Waals surface area (Å²) in [5.74, 6) is 0. The van der Waals surface area contributed by atoms with Gasteiger partial charge in [0.05, 0.1) is 0 Å². The van der Waals surface area contributed by atoms with Crippen molar-refractivity contribution in [2.24, 2.45) is 0 Å². The van der Waals surface area contributed by atoms with Crippen LogP contribution in [0.15, 0.2) is 456 Å². The summed E-state index contributed by atoms with van der Waals surface area (Å²) in [5, 5.41) is 0. The Hall–Kier alpha value is -13.6. The van der Waals surface area contributed by atoms with Crippen LogP contribution in [0, 0.1) is 76.2 Å². The average Bonchev–Trinajstić information content (AvgIpc) is 0.776. The summed E-state index contributed by atoms with van der Waals surface area (Å²) in [5.41, 5.74) is 31.9. The van der Waals surface area contributed by atoms with Crippen LogP contribution in [0.1, 0.15) is 34.9 Å². The van der Waals surface area contributed by atoms with Crippen molar-refractivity contribution in [1.82, 2.24) is 39.9 Å². The molecular weight excluding hydrogens is 2300 g/mol. The standard InChI is InChI=1S/C19H16N.3C18H14N.C12H10N.3C11H8N.4Ir/c1-2-15-13-19(17-11-7-4-8-12-17)20-14-18(15)16-9-5-3-6-10-16;1-14-12-18(16-10-6-3-7-11-16)19-13-17(14)15-8-4-2-5-9-15;2*1-14-7-5-6-10-17(14)16-11-12-19-18(13-16)15-8-3-2-4-9-15;1-10-6-5-9-12(13-10)11-7-3-2-4-8-11;3*1-2-6-10(7-3-1)11-8-4-5-9-12-11;;;;/h3-11,13-14H,2H2,1H3;2-10,12-13H,1H3;2*2-8,10-13H,1H3;2-7,9H,1H3;3*1-6,8-9H;;;;/q8*-1;;;;. The largest absolute Gasteiger partial charge is 0.305 e. The molecule has 648 valence electrons. The molecule has 0 bridgehead atoms. The quantitative estimate of drug-likeness (QED) is 0.105. The van der Waals surface area contributed by atoms with Crippen LogP contribution in [-0.4, -0.2) is 39.9 Å². The maximum atomic E-state index is 4.60. The van der Waals surface area contributed by atoms with Crippen LogP contribution in [0.3, 0.4) is 0 Å². The van der Waals surface area contributed by atoms with Crippen LogP contribution in [0.5, 0.6) is 0 Å². The molecule has 0 unspecified atom stereocenters. The molecule has 20 rings (SSSR count). The number of nitrogens with zero attached hydrogens (tertiary/aromatic N) is 8. The third-order valence-corrected chi connectivity index (χ3v) is 19.8. The normalized spacial score (nSPS) is 9.82. The van der Waals surface area contributed by atoms with Gasteiger partial charge in [0.1, 0.15) is 0 Å². The fraction of sp³-hybridized carbons (Fsp3) is 0.0508. The van der Waals surface area contributed by atoms with E-state index in [1.54, 1.807) is 18.6 Å². The molecule has 0 atom stereocenters. The van der Waals surface area contributed by atoms with Crippen molar-refractivity contribution in [2.45, 2.75) is 41.0 Å². The third kappa shape index (κ3) is 30.9. The number of hydrogen-bond donors (Lipinski definition) is 0. The van der Waals surface area contributed by atoms with Gasteiger partial charge in [0, 0.05) is 141 Å². The van der Waals surface area contributed by atoms with E-state index in [4.69, 9.17) is 0 Å². The number of hydrogen-bond acceptors (Lipinski definition) is 8. The van der Waals surface area contributed by atoms with Crippen LogP contribution >= 0.6 is 0 Å². The minimum absolute atomic E-state index is 0. The maximum absolute atomic E-state index is 4.60. The first-order valence-corrected chi connectivity index (χ1v) is 41.7. The van der Waals surface area contributed by atoms with E-state index in [1.165, 1.54) is 66.8 Å². The Labute approximate surface area is 820 Å². The smallest absolute Gasteiger partial charge is 0.0266 e. The van der Waals surface area contributed by atoms with Gasteiger partial charge in [-0.05, 0) is 172 Å². The monoisotopic (exact) mass is 2390 g/mol.